The first-order valence-electron chi connectivity index (χ1n) is 6.81. The van der Waals surface area contributed by atoms with Crippen LogP contribution >= 0.6 is 0 Å². The predicted molar refractivity (Wildman–Crippen MR) is 75.3 cm³/mol. The molecule has 2 aromatic carbocycles. The highest BCUT2D eigenvalue weighted by Gasteiger charge is 2.30. The molecule has 2 aromatic rings. The fourth-order valence-corrected chi connectivity index (χ4v) is 2.39. The zero-order valence-electron chi connectivity index (χ0n) is 11.5. The van der Waals surface area contributed by atoms with Gasteiger partial charge in [0.05, 0.1) is 5.56 Å². The van der Waals surface area contributed by atoms with E-state index in [1.54, 1.807) is 18.2 Å². The molecule has 22 heavy (non-hydrogen) atoms. The van der Waals surface area contributed by atoms with Crippen molar-refractivity contribution in [3.05, 3.63) is 53.6 Å². The van der Waals surface area contributed by atoms with Gasteiger partial charge in [0, 0.05) is 12.1 Å². The zero-order chi connectivity index (χ0) is 15.7. The van der Waals surface area contributed by atoms with Crippen molar-refractivity contribution >= 4 is 0 Å². The van der Waals surface area contributed by atoms with Crippen LogP contribution in [0.15, 0.2) is 42.5 Å². The number of aliphatic hydroxyl groups is 1. The summed E-state index contributed by atoms with van der Waals surface area (Å²) in [6.07, 6.45) is -5.20. The molecule has 3 nitrogen and oxygen atoms in total. The molecule has 0 fully saturated rings. The third-order valence-electron chi connectivity index (χ3n) is 3.55. The Hall–Kier alpha value is -2.05. The number of hydrogen-bond acceptors (Lipinski definition) is 3. The molecule has 0 bridgehead atoms. The normalized spacial score (nSPS) is 18.3. The lowest BCUT2D eigenvalue weighted by Gasteiger charge is -2.14. The Morgan fingerprint density at radius 3 is 2.41 bits per heavy atom. The van der Waals surface area contributed by atoms with Crippen molar-refractivity contribution in [3.63, 3.8) is 0 Å². The van der Waals surface area contributed by atoms with Gasteiger partial charge in [-0.25, -0.2) is 0 Å². The average molecular weight is 309 g/mol. The minimum atomic E-state index is -4.35. The lowest BCUT2D eigenvalue weighted by Crippen LogP contribution is -2.22. The third-order valence-corrected chi connectivity index (χ3v) is 3.55. The highest BCUT2D eigenvalue weighted by atomic mass is 19.4. The molecule has 6 heteroatoms. The van der Waals surface area contributed by atoms with Crippen LogP contribution in [0.3, 0.4) is 0 Å². The Balaban J connectivity index is 1.95. The van der Waals surface area contributed by atoms with E-state index in [-0.39, 0.29) is 0 Å². The maximum Gasteiger partial charge on any atom is 0.416 e. The van der Waals surface area contributed by atoms with Crippen molar-refractivity contribution in [1.82, 2.24) is 5.32 Å². The Kier molecular flexibility index (Phi) is 3.80. The van der Waals surface area contributed by atoms with Crippen molar-refractivity contribution in [2.75, 3.05) is 13.2 Å². The molecular formula is C16H14F3NO2. The van der Waals surface area contributed by atoms with Crippen molar-refractivity contribution in [1.29, 1.82) is 0 Å². The molecule has 1 aliphatic rings. The van der Waals surface area contributed by atoms with Gasteiger partial charge in [0.2, 0.25) is 0 Å². The summed E-state index contributed by atoms with van der Waals surface area (Å²) in [5.74, 6) is 0.577. The fraction of sp³-hybridized carbons (Fsp3) is 0.250. The quantitative estimate of drug-likeness (QED) is 0.849. The van der Waals surface area contributed by atoms with E-state index in [1.807, 2.05) is 0 Å². The predicted octanol–water partition coefficient (Wildman–Crippen LogP) is 3.35. The topological polar surface area (TPSA) is 41.5 Å². The summed E-state index contributed by atoms with van der Waals surface area (Å²) in [5, 5.41) is 12.9. The Morgan fingerprint density at radius 1 is 1.05 bits per heavy atom. The third kappa shape index (κ3) is 2.93. The maximum absolute atomic E-state index is 12.6. The number of fused-ring (bicyclic) bond motifs is 1. The van der Waals surface area contributed by atoms with Gasteiger partial charge < -0.3 is 9.84 Å². The molecule has 0 radical (unpaired) electrons. The molecule has 0 aromatic heterocycles. The largest absolute Gasteiger partial charge is 0.492 e. The van der Waals surface area contributed by atoms with E-state index in [1.165, 1.54) is 12.1 Å². The van der Waals surface area contributed by atoms with E-state index in [0.29, 0.717) is 30.0 Å². The van der Waals surface area contributed by atoms with Gasteiger partial charge in [-0.1, -0.05) is 18.2 Å². The Bertz CT molecular complexity index is 668. The molecule has 1 unspecified atom stereocenters. The first-order valence-corrected chi connectivity index (χ1v) is 6.81. The summed E-state index contributed by atoms with van der Waals surface area (Å²) >= 11 is 0. The summed E-state index contributed by atoms with van der Waals surface area (Å²) in [4.78, 5) is 0. The van der Waals surface area contributed by atoms with E-state index in [0.717, 1.165) is 17.7 Å². The first kappa shape index (κ1) is 14.9. The van der Waals surface area contributed by atoms with E-state index >= 15 is 0 Å². The van der Waals surface area contributed by atoms with Crippen LogP contribution in [-0.2, 0) is 6.18 Å². The van der Waals surface area contributed by atoms with Crippen LogP contribution < -0.4 is 10.1 Å². The Labute approximate surface area is 125 Å². The highest BCUT2D eigenvalue weighted by Crippen LogP contribution is 2.33. The molecule has 1 heterocycles. The molecule has 3 rings (SSSR count). The molecule has 1 aliphatic heterocycles. The van der Waals surface area contributed by atoms with Gasteiger partial charge in [0.1, 0.15) is 18.6 Å². The first-order chi connectivity index (χ1) is 10.4. The summed E-state index contributed by atoms with van der Waals surface area (Å²) in [7, 11) is 0. The van der Waals surface area contributed by atoms with Crippen LogP contribution in [0.25, 0.3) is 11.1 Å². The number of nitrogens with one attached hydrogen (secondary N) is 1. The SMILES string of the molecule is OC1NCCOc2ccc(-c3ccc(C(F)(F)F)cc3)cc21. The minimum absolute atomic E-state index is 0.448. The number of halogens is 3. The fourth-order valence-electron chi connectivity index (χ4n) is 2.39. The van der Waals surface area contributed by atoms with Gasteiger partial charge in [0.15, 0.2) is 0 Å². The number of alkyl halides is 3. The van der Waals surface area contributed by atoms with Crippen LogP contribution in [0.4, 0.5) is 13.2 Å². The molecular weight excluding hydrogens is 295 g/mol. The zero-order valence-corrected chi connectivity index (χ0v) is 11.5. The van der Waals surface area contributed by atoms with Crippen LogP contribution in [0, 0.1) is 0 Å². The second-order valence-corrected chi connectivity index (χ2v) is 5.03. The van der Waals surface area contributed by atoms with Crippen molar-refractivity contribution in [3.8, 4) is 16.9 Å². The second-order valence-electron chi connectivity index (χ2n) is 5.03. The van der Waals surface area contributed by atoms with Crippen LogP contribution in [0.1, 0.15) is 17.4 Å². The van der Waals surface area contributed by atoms with Crippen molar-refractivity contribution in [2.45, 2.75) is 12.4 Å². The molecule has 0 aliphatic carbocycles. The van der Waals surface area contributed by atoms with Gasteiger partial charge in [-0.15, -0.1) is 0 Å². The van der Waals surface area contributed by atoms with Crippen LogP contribution in [0.2, 0.25) is 0 Å². The van der Waals surface area contributed by atoms with E-state index < -0.39 is 18.0 Å². The van der Waals surface area contributed by atoms with E-state index in [9.17, 15) is 18.3 Å². The molecule has 0 saturated heterocycles. The van der Waals surface area contributed by atoms with Crippen LogP contribution in [0.5, 0.6) is 5.75 Å². The number of aliphatic hydroxyl groups excluding tert-OH is 1. The number of hydrogen-bond donors (Lipinski definition) is 2. The molecule has 0 amide bonds. The average Bonchev–Trinajstić information content (AvgIpc) is 2.68. The van der Waals surface area contributed by atoms with E-state index in [2.05, 4.69) is 5.32 Å². The molecule has 116 valence electrons. The minimum Gasteiger partial charge on any atom is -0.492 e. The van der Waals surface area contributed by atoms with Crippen molar-refractivity contribution in [2.24, 2.45) is 0 Å². The second kappa shape index (κ2) is 5.62. The highest BCUT2D eigenvalue weighted by molar-refractivity contribution is 5.66. The maximum atomic E-state index is 12.6. The summed E-state index contributed by atoms with van der Waals surface area (Å²) in [5.41, 5.74) is 1.26. The standard InChI is InChI=1S/C16H14F3NO2/c17-16(18,19)12-4-1-10(2-5-12)11-3-6-14-13(9-11)15(21)20-7-8-22-14/h1-6,9,15,20-21H,7-8H2. The smallest absolute Gasteiger partial charge is 0.416 e. The van der Waals surface area contributed by atoms with Gasteiger partial charge in [-0.2, -0.15) is 13.2 Å². The molecule has 0 saturated carbocycles. The van der Waals surface area contributed by atoms with Gasteiger partial charge in [-0.3, -0.25) is 5.32 Å². The summed E-state index contributed by atoms with van der Waals surface area (Å²) in [6, 6.07) is 10.1. The summed E-state index contributed by atoms with van der Waals surface area (Å²) < 4.78 is 43.3. The lowest BCUT2D eigenvalue weighted by atomic mass is 10.0. The molecule has 2 N–H and O–H groups in total. The lowest BCUT2D eigenvalue weighted by molar-refractivity contribution is -0.137. The van der Waals surface area contributed by atoms with Gasteiger partial charge in [-0.05, 0) is 35.4 Å². The molecule has 0 spiro atoms. The monoisotopic (exact) mass is 309 g/mol. The van der Waals surface area contributed by atoms with Crippen molar-refractivity contribution < 1.29 is 23.0 Å². The number of rotatable bonds is 1. The number of ether oxygens (including phenoxy) is 1. The van der Waals surface area contributed by atoms with Gasteiger partial charge >= 0.3 is 6.18 Å². The Morgan fingerprint density at radius 2 is 1.73 bits per heavy atom. The van der Waals surface area contributed by atoms with E-state index in [4.69, 9.17) is 4.74 Å². The van der Waals surface area contributed by atoms with Gasteiger partial charge in [0.25, 0.3) is 0 Å². The number of benzene rings is 2. The van der Waals surface area contributed by atoms with Crippen LogP contribution in [-0.4, -0.2) is 18.3 Å². The molecule has 1 atom stereocenters. The summed E-state index contributed by atoms with van der Waals surface area (Å²) in [6.45, 7) is 0.967.